The minimum atomic E-state index is -4.78. The summed E-state index contributed by atoms with van der Waals surface area (Å²) < 4.78 is 71.8. The van der Waals surface area contributed by atoms with Crippen LogP contribution in [0.3, 0.4) is 0 Å². The Hall–Kier alpha value is -2.92. The lowest BCUT2D eigenvalue weighted by atomic mass is 10.2. The molecule has 1 aromatic heterocycles. The number of alkyl halides is 3. The van der Waals surface area contributed by atoms with E-state index in [1.54, 1.807) is 12.1 Å². The third kappa shape index (κ3) is 5.12. The van der Waals surface area contributed by atoms with E-state index in [1.807, 2.05) is 6.92 Å². The average molecular weight is 427 g/mol. The smallest absolute Gasteiger partial charge is 0.406 e. The summed E-state index contributed by atoms with van der Waals surface area (Å²) >= 11 is 0. The van der Waals surface area contributed by atoms with Gasteiger partial charge in [-0.05, 0) is 43.3 Å². The van der Waals surface area contributed by atoms with Crippen LogP contribution in [-0.4, -0.2) is 36.3 Å². The monoisotopic (exact) mass is 427 g/mol. The van der Waals surface area contributed by atoms with Crippen LogP contribution < -0.4 is 4.74 Å². The molecule has 0 aliphatic carbocycles. The van der Waals surface area contributed by atoms with Crippen LogP contribution in [0.5, 0.6) is 5.75 Å². The van der Waals surface area contributed by atoms with Crippen LogP contribution >= 0.6 is 0 Å². The van der Waals surface area contributed by atoms with Crippen molar-refractivity contribution < 1.29 is 30.8 Å². The molecule has 0 saturated heterocycles. The van der Waals surface area contributed by atoms with Gasteiger partial charge < -0.3 is 9.26 Å². The zero-order valence-corrected chi connectivity index (χ0v) is 16.2. The summed E-state index contributed by atoms with van der Waals surface area (Å²) in [5.74, 6) is -0.234. The van der Waals surface area contributed by atoms with Gasteiger partial charge in [0.25, 0.3) is 0 Å². The van der Waals surface area contributed by atoms with Crippen LogP contribution in [0.1, 0.15) is 11.5 Å². The Bertz CT molecular complexity index is 1080. The normalized spacial score (nSPS) is 12.3. The lowest BCUT2D eigenvalue weighted by Gasteiger charge is -2.15. The maximum absolute atomic E-state index is 12.6. The average Bonchev–Trinajstić information content (AvgIpc) is 3.10. The second kappa shape index (κ2) is 7.84. The minimum absolute atomic E-state index is 0.0359. The lowest BCUT2D eigenvalue weighted by Crippen LogP contribution is -2.26. The summed E-state index contributed by atoms with van der Waals surface area (Å²) in [5.41, 5.74) is 1.32. The maximum Gasteiger partial charge on any atom is 0.573 e. The molecule has 29 heavy (non-hydrogen) atoms. The first-order valence-corrected chi connectivity index (χ1v) is 9.70. The zero-order valence-electron chi connectivity index (χ0n) is 15.3. The van der Waals surface area contributed by atoms with E-state index in [4.69, 9.17) is 4.52 Å². The molecule has 0 atom stereocenters. The molecule has 0 aliphatic rings. The number of rotatable bonds is 6. The Morgan fingerprint density at radius 2 is 1.69 bits per heavy atom. The summed E-state index contributed by atoms with van der Waals surface area (Å²) in [6, 6.07) is 11.3. The van der Waals surface area contributed by atoms with E-state index in [1.165, 1.54) is 31.3 Å². The predicted molar refractivity (Wildman–Crippen MR) is 96.2 cm³/mol. The molecule has 0 bridgehead atoms. The molecule has 0 amide bonds. The molecule has 7 nitrogen and oxygen atoms in total. The largest absolute Gasteiger partial charge is 0.573 e. The Morgan fingerprint density at radius 1 is 1.07 bits per heavy atom. The van der Waals surface area contributed by atoms with E-state index >= 15 is 0 Å². The van der Waals surface area contributed by atoms with E-state index in [2.05, 4.69) is 14.9 Å². The number of hydrogen-bond donors (Lipinski definition) is 0. The van der Waals surface area contributed by atoms with E-state index in [-0.39, 0.29) is 28.9 Å². The van der Waals surface area contributed by atoms with Gasteiger partial charge in [0.15, 0.2) is 0 Å². The highest BCUT2D eigenvalue weighted by molar-refractivity contribution is 7.89. The third-order valence-corrected chi connectivity index (χ3v) is 5.72. The van der Waals surface area contributed by atoms with Crippen molar-refractivity contribution in [3.63, 3.8) is 0 Å². The van der Waals surface area contributed by atoms with Gasteiger partial charge >= 0.3 is 6.36 Å². The fourth-order valence-corrected chi connectivity index (χ4v) is 3.53. The number of aryl methyl sites for hydroxylation is 1. The van der Waals surface area contributed by atoms with E-state index < -0.39 is 16.4 Å². The molecule has 1 heterocycles. The number of ether oxygens (including phenoxy) is 1. The van der Waals surface area contributed by atoms with Gasteiger partial charge in [0.05, 0.1) is 11.4 Å². The zero-order chi connectivity index (χ0) is 21.2. The predicted octanol–water partition coefficient (Wildman–Crippen LogP) is 3.76. The van der Waals surface area contributed by atoms with Gasteiger partial charge in [-0.25, -0.2) is 8.42 Å². The number of aromatic nitrogens is 2. The van der Waals surface area contributed by atoms with Crippen LogP contribution in [0, 0.1) is 6.92 Å². The number of halogens is 3. The molecule has 0 radical (unpaired) electrons. The fourth-order valence-electron chi connectivity index (χ4n) is 2.41. The fraction of sp³-hybridized carbons (Fsp3) is 0.222. The van der Waals surface area contributed by atoms with Gasteiger partial charge in [0.1, 0.15) is 5.75 Å². The maximum atomic E-state index is 12.6. The third-order valence-electron chi connectivity index (χ3n) is 3.90. The molecule has 154 valence electrons. The summed E-state index contributed by atoms with van der Waals surface area (Å²) in [6.45, 7) is 1.68. The number of nitrogens with zero attached hydrogens (tertiary/aromatic N) is 3. The molecule has 0 N–H and O–H groups in total. The quantitative estimate of drug-likeness (QED) is 0.596. The van der Waals surface area contributed by atoms with Crippen LogP contribution in [0.2, 0.25) is 0 Å². The SMILES string of the molecule is Cc1ccc(S(=O)(=O)N(C)Cc2nc(-c3ccc(OC(F)(F)F)cc3)no2)cc1. The molecule has 3 rings (SSSR count). The topological polar surface area (TPSA) is 85.5 Å². The molecule has 11 heteroatoms. The molecule has 3 aromatic rings. The number of sulfonamides is 1. The first-order valence-electron chi connectivity index (χ1n) is 8.26. The van der Waals surface area contributed by atoms with Crippen molar-refractivity contribution in [3.8, 4) is 17.1 Å². The van der Waals surface area contributed by atoms with E-state index in [9.17, 15) is 21.6 Å². The van der Waals surface area contributed by atoms with Crippen molar-refractivity contribution in [3.05, 3.63) is 60.0 Å². The van der Waals surface area contributed by atoms with Crippen LogP contribution in [0.4, 0.5) is 13.2 Å². The van der Waals surface area contributed by atoms with Crippen LogP contribution in [0.15, 0.2) is 57.9 Å². The standard InChI is InChI=1S/C18H16F3N3O4S/c1-12-3-9-15(10-4-12)29(25,26)24(2)11-16-22-17(23-28-16)13-5-7-14(8-6-13)27-18(19,20)21/h3-10H,11H2,1-2H3. The molecule has 0 saturated carbocycles. The second-order valence-corrected chi connectivity index (χ2v) is 8.20. The molecule has 0 aliphatic heterocycles. The van der Waals surface area contributed by atoms with Crippen molar-refractivity contribution in [1.29, 1.82) is 0 Å². The van der Waals surface area contributed by atoms with Gasteiger partial charge in [-0.2, -0.15) is 9.29 Å². The molecular formula is C18H16F3N3O4S. The Kier molecular flexibility index (Phi) is 5.62. The molecule has 0 fully saturated rings. The summed E-state index contributed by atoms with van der Waals surface area (Å²) in [5, 5.41) is 3.74. The van der Waals surface area contributed by atoms with Crippen molar-refractivity contribution in [2.45, 2.75) is 24.7 Å². The molecular weight excluding hydrogens is 411 g/mol. The molecule has 0 spiro atoms. The van der Waals surface area contributed by atoms with Crippen molar-refractivity contribution in [2.75, 3.05) is 7.05 Å². The number of benzene rings is 2. The Balaban J connectivity index is 1.72. The highest BCUT2D eigenvalue weighted by atomic mass is 32.2. The van der Waals surface area contributed by atoms with E-state index in [0.29, 0.717) is 5.56 Å². The van der Waals surface area contributed by atoms with Gasteiger partial charge in [-0.3, -0.25) is 0 Å². The second-order valence-electron chi connectivity index (χ2n) is 6.16. The highest BCUT2D eigenvalue weighted by Crippen LogP contribution is 2.25. The first-order chi connectivity index (χ1) is 13.5. The Labute approximate surface area is 164 Å². The van der Waals surface area contributed by atoms with E-state index in [0.717, 1.165) is 22.0 Å². The van der Waals surface area contributed by atoms with Crippen molar-refractivity contribution in [1.82, 2.24) is 14.4 Å². The molecule has 0 unspecified atom stereocenters. The van der Waals surface area contributed by atoms with Crippen molar-refractivity contribution >= 4 is 10.0 Å². The van der Waals surface area contributed by atoms with Gasteiger partial charge in [0, 0.05) is 12.6 Å². The van der Waals surface area contributed by atoms with Crippen LogP contribution in [0.25, 0.3) is 11.4 Å². The summed E-state index contributed by atoms with van der Waals surface area (Å²) in [4.78, 5) is 4.23. The van der Waals surface area contributed by atoms with Gasteiger partial charge in [-0.1, -0.05) is 22.9 Å². The number of hydrogen-bond acceptors (Lipinski definition) is 6. The summed E-state index contributed by atoms with van der Waals surface area (Å²) in [6.07, 6.45) is -4.78. The van der Waals surface area contributed by atoms with Crippen LogP contribution in [-0.2, 0) is 16.6 Å². The van der Waals surface area contributed by atoms with Gasteiger partial charge in [0.2, 0.25) is 21.7 Å². The van der Waals surface area contributed by atoms with Gasteiger partial charge in [-0.15, -0.1) is 13.2 Å². The van der Waals surface area contributed by atoms with Crippen molar-refractivity contribution in [2.24, 2.45) is 0 Å². The summed E-state index contributed by atoms with van der Waals surface area (Å²) in [7, 11) is -2.37. The highest BCUT2D eigenvalue weighted by Gasteiger charge is 2.31. The minimum Gasteiger partial charge on any atom is -0.406 e. The first kappa shape index (κ1) is 20.8. The Morgan fingerprint density at radius 3 is 2.28 bits per heavy atom. The lowest BCUT2D eigenvalue weighted by molar-refractivity contribution is -0.274. The molecule has 2 aromatic carbocycles.